The molecule has 4 aliphatic carbocycles. The Morgan fingerprint density at radius 2 is 1.63 bits per heavy atom. The second kappa shape index (κ2) is 11.8. The standard InChI is InChI=1S/C28H44Cl3NO6/c1-6-36-21-12-16-8-9-17-18-10-11-19(24(33)35-5)27(18,4)13-20(32-25(34)38-15-28(29,30)31)23(17)26(16,3)14-22(21)37-7-2/h16-23H,6-15H2,1-5H3,(H,32,34)/t16?,17-,18-,19?,20?,21?,22?,23-,26-,27-/m0/s1. The van der Waals surface area contributed by atoms with Crippen LogP contribution >= 0.6 is 34.8 Å². The van der Waals surface area contributed by atoms with E-state index in [9.17, 15) is 9.59 Å². The number of rotatable bonds is 7. The zero-order valence-electron chi connectivity index (χ0n) is 23.3. The Balaban J connectivity index is 1.68. The van der Waals surface area contributed by atoms with Crippen LogP contribution in [0.2, 0.25) is 0 Å². The van der Waals surface area contributed by atoms with Crippen LogP contribution in [0.1, 0.15) is 72.6 Å². The first-order chi connectivity index (χ1) is 17.9. The van der Waals surface area contributed by atoms with Crippen LogP contribution in [0, 0.1) is 40.4 Å². The molecule has 0 saturated heterocycles. The summed E-state index contributed by atoms with van der Waals surface area (Å²) in [7, 11) is 1.46. The van der Waals surface area contributed by atoms with Crippen LogP contribution < -0.4 is 5.32 Å². The Bertz CT molecular complexity index is 870. The van der Waals surface area contributed by atoms with Crippen molar-refractivity contribution in [3.8, 4) is 0 Å². The fourth-order valence-electron chi connectivity index (χ4n) is 9.20. The molecule has 4 aliphatic rings. The Morgan fingerprint density at radius 1 is 0.947 bits per heavy atom. The summed E-state index contributed by atoms with van der Waals surface area (Å²) in [5.74, 6) is 1.09. The van der Waals surface area contributed by atoms with Gasteiger partial charge in [-0.25, -0.2) is 4.79 Å². The molecule has 0 heterocycles. The van der Waals surface area contributed by atoms with E-state index in [4.69, 9.17) is 53.8 Å². The van der Waals surface area contributed by atoms with Gasteiger partial charge in [0.15, 0.2) is 0 Å². The molecule has 1 N–H and O–H groups in total. The Labute approximate surface area is 242 Å². The van der Waals surface area contributed by atoms with Crippen LogP contribution in [0.25, 0.3) is 0 Å². The first-order valence-electron chi connectivity index (χ1n) is 14.2. The number of fused-ring (bicyclic) bond motifs is 5. The van der Waals surface area contributed by atoms with Crippen LogP contribution in [-0.4, -0.2) is 61.0 Å². The van der Waals surface area contributed by atoms with E-state index in [0.717, 1.165) is 38.5 Å². The number of hydrogen-bond donors (Lipinski definition) is 1. The molecule has 0 aliphatic heterocycles. The van der Waals surface area contributed by atoms with E-state index >= 15 is 0 Å². The van der Waals surface area contributed by atoms with Gasteiger partial charge in [-0.1, -0.05) is 48.7 Å². The lowest BCUT2D eigenvalue weighted by Crippen LogP contribution is -2.64. The number of alkyl halides is 3. The number of methoxy groups -OCH3 is 1. The van der Waals surface area contributed by atoms with Gasteiger partial charge >= 0.3 is 12.1 Å². The second-order valence-electron chi connectivity index (χ2n) is 12.3. The Morgan fingerprint density at radius 3 is 2.26 bits per heavy atom. The molecule has 0 aromatic heterocycles. The van der Waals surface area contributed by atoms with Crippen molar-refractivity contribution in [2.75, 3.05) is 26.9 Å². The molecule has 0 aromatic carbocycles. The van der Waals surface area contributed by atoms with Gasteiger partial charge in [-0.05, 0) is 93.3 Å². The monoisotopic (exact) mass is 595 g/mol. The molecule has 4 fully saturated rings. The van der Waals surface area contributed by atoms with Gasteiger partial charge in [0.05, 0.1) is 25.2 Å². The van der Waals surface area contributed by atoms with E-state index in [-0.39, 0.29) is 53.5 Å². The fourth-order valence-corrected chi connectivity index (χ4v) is 9.37. The molecule has 0 radical (unpaired) electrons. The maximum atomic E-state index is 13.0. The molecule has 0 bridgehead atoms. The highest BCUT2D eigenvalue weighted by atomic mass is 35.6. The molecule has 0 spiro atoms. The summed E-state index contributed by atoms with van der Waals surface area (Å²) in [6, 6.07) is -0.187. The summed E-state index contributed by atoms with van der Waals surface area (Å²) in [5, 5.41) is 3.19. The summed E-state index contributed by atoms with van der Waals surface area (Å²) >= 11 is 17.5. The number of carbonyl (C=O) groups excluding carboxylic acids is 2. The summed E-state index contributed by atoms with van der Waals surface area (Å²) in [6.45, 7) is 9.64. The predicted molar refractivity (Wildman–Crippen MR) is 147 cm³/mol. The van der Waals surface area contributed by atoms with E-state index in [1.165, 1.54) is 7.11 Å². The van der Waals surface area contributed by atoms with Crippen molar-refractivity contribution in [1.29, 1.82) is 0 Å². The van der Waals surface area contributed by atoms with Crippen LogP contribution in [-0.2, 0) is 23.7 Å². The molecular weight excluding hydrogens is 553 g/mol. The number of amides is 1. The van der Waals surface area contributed by atoms with E-state index in [1.807, 2.05) is 13.8 Å². The molecule has 10 atom stereocenters. The van der Waals surface area contributed by atoms with Gasteiger partial charge in [0.1, 0.15) is 6.61 Å². The van der Waals surface area contributed by atoms with E-state index in [0.29, 0.717) is 37.4 Å². The predicted octanol–water partition coefficient (Wildman–Crippen LogP) is 6.31. The number of halogens is 3. The molecular formula is C28H44Cl3NO6. The molecule has 10 heteroatoms. The number of esters is 1. The second-order valence-corrected chi connectivity index (χ2v) is 14.8. The summed E-state index contributed by atoms with van der Waals surface area (Å²) < 4.78 is 21.3. The molecule has 218 valence electrons. The lowest BCUT2D eigenvalue weighted by Gasteiger charge is -2.64. The molecule has 7 nitrogen and oxygen atoms in total. The van der Waals surface area contributed by atoms with E-state index in [2.05, 4.69) is 19.2 Å². The van der Waals surface area contributed by atoms with Crippen molar-refractivity contribution in [1.82, 2.24) is 5.32 Å². The Kier molecular flexibility index (Phi) is 9.46. The Hall–Kier alpha value is -0.470. The average molecular weight is 597 g/mol. The fraction of sp³-hybridized carbons (Fsp3) is 0.929. The number of hydrogen-bond acceptors (Lipinski definition) is 6. The highest BCUT2D eigenvalue weighted by Gasteiger charge is 2.65. The number of ether oxygens (including phenoxy) is 4. The normalized spacial score (nSPS) is 42.4. The lowest BCUT2D eigenvalue weighted by atomic mass is 9.43. The summed E-state index contributed by atoms with van der Waals surface area (Å²) in [4.78, 5) is 25.9. The zero-order chi connectivity index (χ0) is 27.9. The molecule has 4 rings (SSSR count). The highest BCUT2D eigenvalue weighted by Crippen LogP contribution is 2.67. The third-order valence-corrected chi connectivity index (χ3v) is 10.8. The third kappa shape index (κ3) is 5.79. The van der Waals surface area contributed by atoms with Gasteiger partial charge in [0, 0.05) is 19.3 Å². The van der Waals surface area contributed by atoms with Gasteiger partial charge in [0.25, 0.3) is 0 Å². The van der Waals surface area contributed by atoms with Crippen LogP contribution in [0.5, 0.6) is 0 Å². The quantitative estimate of drug-likeness (QED) is 0.274. The maximum absolute atomic E-state index is 13.0. The third-order valence-electron chi connectivity index (χ3n) is 10.5. The maximum Gasteiger partial charge on any atom is 0.407 e. The summed E-state index contributed by atoms with van der Waals surface area (Å²) in [5.41, 5.74) is -0.333. The van der Waals surface area contributed by atoms with Crippen molar-refractivity contribution in [2.45, 2.75) is 94.7 Å². The van der Waals surface area contributed by atoms with Crippen molar-refractivity contribution < 1.29 is 28.5 Å². The van der Waals surface area contributed by atoms with Crippen LogP contribution in [0.15, 0.2) is 0 Å². The minimum absolute atomic E-state index is 0.0108. The minimum Gasteiger partial charge on any atom is -0.469 e. The van der Waals surface area contributed by atoms with E-state index < -0.39 is 9.89 Å². The number of alkyl carbamates (subject to hydrolysis) is 1. The molecule has 0 aromatic rings. The van der Waals surface area contributed by atoms with Gasteiger partial charge in [0.2, 0.25) is 3.79 Å². The average Bonchev–Trinajstić information content (AvgIpc) is 3.19. The largest absolute Gasteiger partial charge is 0.469 e. The summed E-state index contributed by atoms with van der Waals surface area (Å²) in [6.07, 6.45) is 6.00. The smallest absolute Gasteiger partial charge is 0.407 e. The van der Waals surface area contributed by atoms with Crippen molar-refractivity contribution in [3.63, 3.8) is 0 Å². The van der Waals surface area contributed by atoms with Crippen molar-refractivity contribution in [2.24, 2.45) is 40.4 Å². The van der Waals surface area contributed by atoms with Crippen LogP contribution in [0.3, 0.4) is 0 Å². The van der Waals surface area contributed by atoms with E-state index in [1.54, 1.807) is 0 Å². The minimum atomic E-state index is -1.69. The number of nitrogens with one attached hydrogen (secondary N) is 1. The van der Waals surface area contributed by atoms with Crippen LogP contribution in [0.4, 0.5) is 4.79 Å². The first-order valence-corrected chi connectivity index (χ1v) is 15.3. The lowest BCUT2D eigenvalue weighted by molar-refractivity contribution is -0.190. The number of carbonyl (C=O) groups is 2. The van der Waals surface area contributed by atoms with Crippen molar-refractivity contribution >= 4 is 46.9 Å². The first kappa shape index (κ1) is 30.5. The van der Waals surface area contributed by atoms with Crippen molar-refractivity contribution in [3.05, 3.63) is 0 Å². The highest BCUT2D eigenvalue weighted by molar-refractivity contribution is 6.67. The van der Waals surface area contributed by atoms with Gasteiger partial charge < -0.3 is 24.3 Å². The molecule has 5 unspecified atom stereocenters. The SMILES string of the molecule is CCOC1CC2CC[C@@H]3[C@@H](C(NC(=O)OCC(Cl)(Cl)Cl)C[C@]4(C)C(C(=O)OC)CC[C@@H]34)[C@@]2(C)CC1OCC. The van der Waals surface area contributed by atoms with Gasteiger partial charge in [-0.2, -0.15) is 0 Å². The van der Waals surface area contributed by atoms with Gasteiger partial charge in [-0.15, -0.1) is 0 Å². The topological polar surface area (TPSA) is 83.1 Å². The zero-order valence-corrected chi connectivity index (χ0v) is 25.5. The van der Waals surface area contributed by atoms with Gasteiger partial charge in [-0.3, -0.25) is 4.79 Å². The molecule has 1 amide bonds. The molecule has 38 heavy (non-hydrogen) atoms. The molecule has 4 saturated carbocycles.